The summed E-state index contributed by atoms with van der Waals surface area (Å²) in [6, 6.07) is 11.2. The maximum Gasteiger partial charge on any atom is 0.422 e. The van der Waals surface area contributed by atoms with E-state index in [0.29, 0.717) is 22.1 Å². The van der Waals surface area contributed by atoms with Crippen LogP contribution in [0.3, 0.4) is 0 Å². The number of pyridine rings is 1. The molecular formula is C24H23F7N4O2. The Morgan fingerprint density at radius 1 is 1.05 bits per heavy atom. The Morgan fingerprint density at radius 2 is 1.70 bits per heavy atom. The van der Waals surface area contributed by atoms with Gasteiger partial charge in [-0.2, -0.15) is 26.3 Å². The summed E-state index contributed by atoms with van der Waals surface area (Å²) in [4.78, 5) is 4.11. The molecule has 1 atom stereocenters. The number of aliphatic hydroxyl groups is 1. The second kappa shape index (κ2) is 10.4. The number of alkyl halides is 6. The molecule has 0 spiro atoms. The number of hydrogen-bond acceptors (Lipinski definition) is 6. The molecule has 2 aromatic carbocycles. The van der Waals surface area contributed by atoms with Crippen LogP contribution in [0, 0.1) is 5.82 Å². The summed E-state index contributed by atoms with van der Waals surface area (Å²) in [5, 5.41) is 11.3. The number of fused-ring (bicyclic) bond motifs is 1. The van der Waals surface area contributed by atoms with E-state index in [1.54, 1.807) is 12.1 Å². The Labute approximate surface area is 206 Å². The highest BCUT2D eigenvalue weighted by Gasteiger charge is 2.54. The largest absolute Gasteiger partial charge is 0.468 e. The third kappa shape index (κ3) is 6.60. The van der Waals surface area contributed by atoms with E-state index in [-0.39, 0.29) is 17.9 Å². The average molecular weight is 532 g/mol. The van der Waals surface area contributed by atoms with Gasteiger partial charge in [0.25, 0.3) is 0 Å². The zero-order chi connectivity index (χ0) is 27.6. The zero-order valence-electron chi connectivity index (χ0n) is 19.4. The van der Waals surface area contributed by atoms with E-state index >= 15 is 0 Å². The van der Waals surface area contributed by atoms with Crippen LogP contribution in [0.4, 0.5) is 30.7 Å². The molecule has 0 aliphatic carbocycles. The number of benzene rings is 2. The van der Waals surface area contributed by atoms with Crippen LogP contribution in [0.1, 0.15) is 18.9 Å². The standard InChI is InChI=1S/C24H23F7N4O2/c1-2-22(36,24(29,30)31)20(32)12-35(33)11-14-3-8-17-18(15-4-6-16(25)7-5-15)10-21(34-19(17)9-14)37-13-23(26,27)28/h3-10,12,36H,2,11,13,32-33H2,1H3/b20-12-. The van der Waals surface area contributed by atoms with Crippen molar-refractivity contribution < 1.29 is 40.6 Å². The van der Waals surface area contributed by atoms with E-state index in [0.717, 1.165) is 18.1 Å². The minimum atomic E-state index is -5.03. The van der Waals surface area contributed by atoms with Gasteiger partial charge < -0.3 is 20.6 Å². The number of hydrogen-bond donors (Lipinski definition) is 3. The van der Waals surface area contributed by atoms with E-state index < -0.39 is 42.5 Å². The second-order valence-corrected chi connectivity index (χ2v) is 8.24. The number of nitrogens with zero attached hydrogens (tertiary/aromatic N) is 2. The van der Waals surface area contributed by atoms with Crippen LogP contribution >= 0.6 is 0 Å². The third-order valence-electron chi connectivity index (χ3n) is 5.52. The quantitative estimate of drug-likeness (QED) is 0.211. The van der Waals surface area contributed by atoms with Crippen molar-refractivity contribution in [3.05, 3.63) is 71.8 Å². The van der Waals surface area contributed by atoms with E-state index in [1.165, 1.54) is 36.4 Å². The molecule has 0 saturated heterocycles. The molecule has 0 aliphatic heterocycles. The minimum absolute atomic E-state index is 0.185. The molecule has 0 radical (unpaired) electrons. The van der Waals surface area contributed by atoms with Crippen LogP contribution in [-0.2, 0) is 6.54 Å². The predicted octanol–water partition coefficient (Wildman–Crippen LogP) is 5.16. The van der Waals surface area contributed by atoms with Crippen molar-refractivity contribution in [3.8, 4) is 17.0 Å². The maximum atomic E-state index is 13.4. The van der Waals surface area contributed by atoms with Crippen LogP contribution in [0.5, 0.6) is 5.88 Å². The fraction of sp³-hybridized carbons (Fsp3) is 0.292. The smallest absolute Gasteiger partial charge is 0.422 e. The summed E-state index contributed by atoms with van der Waals surface area (Å²) in [7, 11) is 0. The first-order valence-corrected chi connectivity index (χ1v) is 10.8. The van der Waals surface area contributed by atoms with Gasteiger partial charge in [-0.15, -0.1) is 0 Å². The zero-order valence-corrected chi connectivity index (χ0v) is 19.4. The summed E-state index contributed by atoms with van der Waals surface area (Å²) in [6.07, 6.45) is -9.63. The molecule has 0 fully saturated rings. The van der Waals surface area contributed by atoms with Crippen molar-refractivity contribution in [2.24, 2.45) is 11.6 Å². The molecular weight excluding hydrogens is 509 g/mol. The molecule has 37 heavy (non-hydrogen) atoms. The highest BCUT2D eigenvalue weighted by molar-refractivity contribution is 5.95. The van der Waals surface area contributed by atoms with Gasteiger partial charge in [0.1, 0.15) is 5.82 Å². The summed E-state index contributed by atoms with van der Waals surface area (Å²) < 4.78 is 96.0. The molecule has 3 aromatic rings. The Bertz CT molecular complexity index is 1280. The van der Waals surface area contributed by atoms with Gasteiger partial charge in [0.2, 0.25) is 11.5 Å². The normalized spacial score (nSPS) is 14.5. The molecule has 0 amide bonds. The third-order valence-corrected chi connectivity index (χ3v) is 5.52. The van der Waals surface area contributed by atoms with Crippen LogP contribution < -0.4 is 16.3 Å². The van der Waals surface area contributed by atoms with Gasteiger partial charge in [-0.25, -0.2) is 15.2 Å². The van der Waals surface area contributed by atoms with Crippen molar-refractivity contribution >= 4 is 10.9 Å². The number of ether oxygens (including phenoxy) is 1. The van der Waals surface area contributed by atoms with Crippen LogP contribution in [-0.4, -0.2) is 39.7 Å². The molecule has 5 N–H and O–H groups in total. The Hall–Kier alpha value is -3.58. The number of aromatic nitrogens is 1. The Kier molecular flexibility index (Phi) is 7.89. The lowest BCUT2D eigenvalue weighted by Gasteiger charge is -2.30. The molecule has 13 heteroatoms. The van der Waals surface area contributed by atoms with Crippen molar-refractivity contribution in [2.45, 2.75) is 37.8 Å². The lowest BCUT2D eigenvalue weighted by Crippen LogP contribution is -2.49. The number of rotatable bonds is 8. The highest BCUT2D eigenvalue weighted by atomic mass is 19.4. The summed E-state index contributed by atoms with van der Waals surface area (Å²) in [6.45, 7) is -0.662. The number of hydrazine groups is 1. The monoisotopic (exact) mass is 532 g/mol. The summed E-state index contributed by atoms with van der Waals surface area (Å²) >= 11 is 0. The number of halogens is 7. The molecule has 0 aliphatic rings. The molecule has 1 heterocycles. The van der Waals surface area contributed by atoms with E-state index in [2.05, 4.69) is 4.98 Å². The van der Waals surface area contributed by atoms with Gasteiger partial charge in [-0.1, -0.05) is 31.2 Å². The van der Waals surface area contributed by atoms with Gasteiger partial charge in [0.05, 0.1) is 17.8 Å². The first-order chi connectivity index (χ1) is 17.1. The van der Waals surface area contributed by atoms with Crippen LogP contribution in [0.15, 0.2) is 60.4 Å². The van der Waals surface area contributed by atoms with Crippen molar-refractivity contribution in [1.82, 2.24) is 9.99 Å². The van der Waals surface area contributed by atoms with Crippen molar-refractivity contribution in [3.63, 3.8) is 0 Å². The second-order valence-electron chi connectivity index (χ2n) is 8.24. The molecule has 200 valence electrons. The van der Waals surface area contributed by atoms with E-state index in [9.17, 15) is 35.8 Å². The molecule has 3 rings (SSSR count). The van der Waals surface area contributed by atoms with Crippen LogP contribution in [0.2, 0.25) is 0 Å². The Balaban J connectivity index is 1.98. The highest BCUT2D eigenvalue weighted by Crippen LogP contribution is 2.37. The SMILES string of the molecule is CCC(O)(/C(N)=C/N(N)Cc1ccc2c(-c3ccc(F)cc3)cc(OCC(F)(F)F)nc2c1)C(F)(F)F. The lowest BCUT2D eigenvalue weighted by atomic mass is 9.96. The van der Waals surface area contributed by atoms with Gasteiger partial charge >= 0.3 is 12.4 Å². The molecule has 6 nitrogen and oxygen atoms in total. The summed E-state index contributed by atoms with van der Waals surface area (Å²) in [5.74, 6) is 4.95. The van der Waals surface area contributed by atoms with Crippen molar-refractivity contribution in [1.29, 1.82) is 0 Å². The van der Waals surface area contributed by atoms with Gasteiger partial charge in [-0.3, -0.25) is 0 Å². The lowest BCUT2D eigenvalue weighted by molar-refractivity contribution is -0.245. The average Bonchev–Trinajstić information content (AvgIpc) is 2.80. The van der Waals surface area contributed by atoms with E-state index in [1.807, 2.05) is 0 Å². The minimum Gasteiger partial charge on any atom is -0.468 e. The maximum absolute atomic E-state index is 13.4. The first kappa shape index (κ1) is 28.0. The van der Waals surface area contributed by atoms with Crippen molar-refractivity contribution in [2.75, 3.05) is 6.61 Å². The Morgan fingerprint density at radius 3 is 2.27 bits per heavy atom. The molecule has 1 aromatic heterocycles. The number of nitrogens with two attached hydrogens (primary N) is 2. The first-order valence-electron chi connectivity index (χ1n) is 10.8. The fourth-order valence-corrected chi connectivity index (χ4v) is 3.56. The van der Waals surface area contributed by atoms with Gasteiger partial charge in [0.15, 0.2) is 6.61 Å². The van der Waals surface area contributed by atoms with Crippen LogP contribution in [0.25, 0.3) is 22.0 Å². The van der Waals surface area contributed by atoms with E-state index in [4.69, 9.17) is 16.3 Å². The predicted molar refractivity (Wildman–Crippen MR) is 122 cm³/mol. The molecule has 1 unspecified atom stereocenters. The topological polar surface area (TPSA) is 97.6 Å². The van der Waals surface area contributed by atoms with Gasteiger partial charge in [-0.05, 0) is 41.3 Å². The fourth-order valence-electron chi connectivity index (χ4n) is 3.56. The van der Waals surface area contributed by atoms with Gasteiger partial charge in [0, 0.05) is 17.7 Å². The molecule has 0 saturated carbocycles. The summed E-state index contributed by atoms with van der Waals surface area (Å²) in [5.41, 5.74) is 2.83. The molecule has 0 bridgehead atoms.